The highest BCUT2D eigenvalue weighted by Gasteiger charge is 2.25. The zero-order valence-electron chi connectivity index (χ0n) is 14.2. The normalized spacial score (nSPS) is 18.2. The maximum atomic E-state index is 12.5. The molecule has 2 aromatic rings. The van der Waals surface area contributed by atoms with E-state index in [1.165, 1.54) is 0 Å². The van der Waals surface area contributed by atoms with Gasteiger partial charge in [0.05, 0.1) is 4.47 Å². The fourth-order valence-corrected chi connectivity index (χ4v) is 3.77. The Hall–Kier alpha value is -1.59. The van der Waals surface area contributed by atoms with Gasteiger partial charge >= 0.3 is 0 Å². The van der Waals surface area contributed by atoms with E-state index in [1.807, 2.05) is 35.2 Å². The molecule has 1 heterocycles. The number of likely N-dealkylation sites (tertiary alicyclic amines) is 1. The minimum absolute atomic E-state index is 0.0570. The molecule has 128 valence electrons. The summed E-state index contributed by atoms with van der Waals surface area (Å²) in [6.07, 6.45) is 2.20. The molecular weight excluding hydrogens is 368 g/mol. The maximum absolute atomic E-state index is 12.5. The molecule has 2 aromatic carbocycles. The summed E-state index contributed by atoms with van der Waals surface area (Å²) in [5, 5.41) is 2.24. The van der Waals surface area contributed by atoms with Gasteiger partial charge in [-0.1, -0.05) is 30.3 Å². The van der Waals surface area contributed by atoms with Crippen LogP contribution in [0.1, 0.15) is 12.8 Å². The van der Waals surface area contributed by atoms with E-state index in [0.29, 0.717) is 11.8 Å². The van der Waals surface area contributed by atoms with Crippen LogP contribution in [0.25, 0.3) is 10.8 Å². The van der Waals surface area contributed by atoms with Crippen molar-refractivity contribution in [3.8, 4) is 5.75 Å². The standard InChI is InChI=1S/C19H23BrN2O2/c1-21(2)15-7-5-11-22(12-15)18(23)13-24-17-10-9-14-6-3-4-8-16(14)19(17)20/h3-4,6,8-10,15H,5,7,11-13H2,1-2H3. The Morgan fingerprint density at radius 2 is 2.08 bits per heavy atom. The second-order valence-corrected chi connectivity index (χ2v) is 7.28. The van der Waals surface area contributed by atoms with Crippen molar-refractivity contribution in [2.45, 2.75) is 18.9 Å². The average molecular weight is 391 g/mol. The van der Waals surface area contributed by atoms with Gasteiger partial charge in [-0.3, -0.25) is 4.79 Å². The van der Waals surface area contributed by atoms with Crippen LogP contribution < -0.4 is 4.74 Å². The van der Waals surface area contributed by atoms with E-state index >= 15 is 0 Å². The second-order valence-electron chi connectivity index (χ2n) is 6.49. The minimum Gasteiger partial charge on any atom is -0.483 e. The fourth-order valence-electron chi connectivity index (χ4n) is 3.16. The number of halogens is 1. The molecule has 5 heteroatoms. The molecule has 0 bridgehead atoms. The number of hydrogen-bond acceptors (Lipinski definition) is 3. The maximum Gasteiger partial charge on any atom is 0.260 e. The van der Waals surface area contributed by atoms with Crippen LogP contribution in [0.2, 0.25) is 0 Å². The van der Waals surface area contributed by atoms with Crippen molar-refractivity contribution in [2.24, 2.45) is 0 Å². The van der Waals surface area contributed by atoms with Gasteiger partial charge in [0.2, 0.25) is 0 Å². The number of amides is 1. The van der Waals surface area contributed by atoms with Crippen LogP contribution in [0.15, 0.2) is 40.9 Å². The van der Waals surface area contributed by atoms with Gasteiger partial charge in [0.1, 0.15) is 5.75 Å². The predicted molar refractivity (Wildman–Crippen MR) is 100 cm³/mol. The lowest BCUT2D eigenvalue weighted by Crippen LogP contribution is -2.48. The number of carbonyl (C=O) groups is 1. The van der Waals surface area contributed by atoms with Crippen LogP contribution in [-0.2, 0) is 4.79 Å². The number of hydrogen-bond donors (Lipinski definition) is 0. The molecule has 0 aromatic heterocycles. The second kappa shape index (κ2) is 7.53. The number of piperidine rings is 1. The van der Waals surface area contributed by atoms with Gasteiger partial charge in [-0.25, -0.2) is 0 Å². The van der Waals surface area contributed by atoms with E-state index in [2.05, 4.69) is 41.0 Å². The zero-order valence-corrected chi connectivity index (χ0v) is 15.8. The lowest BCUT2D eigenvalue weighted by molar-refractivity contribution is -0.135. The van der Waals surface area contributed by atoms with Crippen LogP contribution >= 0.6 is 15.9 Å². The van der Waals surface area contributed by atoms with E-state index < -0.39 is 0 Å². The first-order chi connectivity index (χ1) is 11.6. The number of carbonyl (C=O) groups excluding carboxylic acids is 1. The van der Waals surface area contributed by atoms with Crippen LogP contribution in [0.5, 0.6) is 5.75 Å². The highest BCUT2D eigenvalue weighted by atomic mass is 79.9. The quantitative estimate of drug-likeness (QED) is 0.800. The number of rotatable bonds is 4. The number of ether oxygens (including phenoxy) is 1. The Kier molecular flexibility index (Phi) is 5.41. The van der Waals surface area contributed by atoms with Gasteiger partial charge < -0.3 is 14.5 Å². The predicted octanol–water partition coefficient (Wildman–Crippen LogP) is 3.53. The van der Waals surface area contributed by atoms with Gasteiger partial charge in [0, 0.05) is 19.1 Å². The van der Waals surface area contributed by atoms with E-state index in [9.17, 15) is 4.79 Å². The number of likely N-dealkylation sites (N-methyl/N-ethyl adjacent to an activating group) is 1. The number of nitrogens with zero attached hydrogens (tertiary/aromatic N) is 2. The summed E-state index contributed by atoms with van der Waals surface area (Å²) in [6.45, 7) is 1.69. The molecule has 1 aliphatic rings. The van der Waals surface area contributed by atoms with Crippen molar-refractivity contribution in [1.82, 2.24) is 9.80 Å². The molecule has 4 nitrogen and oxygen atoms in total. The van der Waals surface area contributed by atoms with Gasteiger partial charge in [-0.15, -0.1) is 0 Å². The molecule has 3 rings (SSSR count). The summed E-state index contributed by atoms with van der Waals surface area (Å²) >= 11 is 3.60. The smallest absolute Gasteiger partial charge is 0.260 e. The molecular formula is C19H23BrN2O2. The molecule has 1 fully saturated rings. The molecule has 24 heavy (non-hydrogen) atoms. The van der Waals surface area contributed by atoms with Gasteiger partial charge in [-0.2, -0.15) is 0 Å². The van der Waals surface area contributed by atoms with Crippen molar-refractivity contribution in [3.63, 3.8) is 0 Å². The molecule has 1 unspecified atom stereocenters. The zero-order chi connectivity index (χ0) is 17.1. The molecule has 0 saturated carbocycles. The molecule has 0 N–H and O–H groups in total. The van der Waals surface area contributed by atoms with Crippen LogP contribution in [0.4, 0.5) is 0 Å². The Bertz CT molecular complexity index is 732. The summed E-state index contributed by atoms with van der Waals surface area (Å²) in [5.74, 6) is 0.768. The SMILES string of the molecule is CN(C)C1CCCN(C(=O)COc2ccc3ccccc3c2Br)C1. The number of benzene rings is 2. The number of fused-ring (bicyclic) bond motifs is 1. The topological polar surface area (TPSA) is 32.8 Å². The molecule has 0 radical (unpaired) electrons. The summed E-state index contributed by atoms with van der Waals surface area (Å²) in [4.78, 5) is 16.6. The van der Waals surface area contributed by atoms with E-state index in [0.717, 1.165) is 41.2 Å². The van der Waals surface area contributed by atoms with Crippen LogP contribution in [0, 0.1) is 0 Å². The first kappa shape index (κ1) is 17.2. The highest BCUT2D eigenvalue weighted by Crippen LogP contribution is 2.33. The third-order valence-corrected chi connectivity index (χ3v) is 5.48. The molecule has 1 aliphatic heterocycles. The Labute approximate surface area is 151 Å². The van der Waals surface area contributed by atoms with E-state index in [-0.39, 0.29) is 12.5 Å². The Balaban J connectivity index is 1.65. The van der Waals surface area contributed by atoms with Gasteiger partial charge in [0.25, 0.3) is 5.91 Å². The molecule has 1 amide bonds. The highest BCUT2D eigenvalue weighted by molar-refractivity contribution is 9.10. The average Bonchev–Trinajstić information content (AvgIpc) is 2.61. The monoisotopic (exact) mass is 390 g/mol. The molecule has 1 atom stereocenters. The third kappa shape index (κ3) is 3.73. The van der Waals surface area contributed by atoms with E-state index in [4.69, 9.17) is 4.74 Å². The summed E-state index contributed by atoms with van der Waals surface area (Å²) in [5.41, 5.74) is 0. The molecule has 0 spiro atoms. The van der Waals surface area contributed by atoms with Crippen molar-refractivity contribution in [1.29, 1.82) is 0 Å². The molecule has 1 saturated heterocycles. The summed E-state index contributed by atoms with van der Waals surface area (Å²) in [6, 6.07) is 12.5. The van der Waals surface area contributed by atoms with Crippen LogP contribution in [0.3, 0.4) is 0 Å². The fraction of sp³-hybridized carbons (Fsp3) is 0.421. The Morgan fingerprint density at radius 3 is 2.88 bits per heavy atom. The van der Waals surface area contributed by atoms with Crippen molar-refractivity contribution in [2.75, 3.05) is 33.8 Å². The van der Waals surface area contributed by atoms with Crippen molar-refractivity contribution < 1.29 is 9.53 Å². The van der Waals surface area contributed by atoms with Crippen molar-refractivity contribution >= 4 is 32.6 Å². The summed E-state index contributed by atoms with van der Waals surface area (Å²) in [7, 11) is 4.14. The van der Waals surface area contributed by atoms with Crippen molar-refractivity contribution in [3.05, 3.63) is 40.9 Å². The third-order valence-electron chi connectivity index (χ3n) is 4.66. The lowest BCUT2D eigenvalue weighted by Gasteiger charge is -2.36. The van der Waals surface area contributed by atoms with E-state index in [1.54, 1.807) is 0 Å². The minimum atomic E-state index is 0.0570. The largest absolute Gasteiger partial charge is 0.483 e. The Morgan fingerprint density at radius 1 is 1.29 bits per heavy atom. The van der Waals surface area contributed by atoms with Gasteiger partial charge in [-0.05, 0) is 59.7 Å². The first-order valence-corrected chi connectivity index (χ1v) is 9.10. The lowest BCUT2D eigenvalue weighted by atomic mass is 10.1. The van der Waals surface area contributed by atoms with Crippen LogP contribution in [-0.4, -0.2) is 55.5 Å². The summed E-state index contributed by atoms with van der Waals surface area (Å²) < 4.78 is 6.71. The first-order valence-electron chi connectivity index (χ1n) is 8.30. The van der Waals surface area contributed by atoms with Gasteiger partial charge in [0.15, 0.2) is 6.61 Å². The molecule has 0 aliphatic carbocycles.